The molecule has 1 heterocycles. The predicted molar refractivity (Wildman–Crippen MR) is 84.0 cm³/mol. The van der Waals surface area contributed by atoms with Gasteiger partial charge in [0.25, 0.3) is 0 Å². The van der Waals surface area contributed by atoms with Gasteiger partial charge in [-0.3, -0.25) is 4.79 Å². The summed E-state index contributed by atoms with van der Waals surface area (Å²) in [6.45, 7) is 2.36. The smallest absolute Gasteiger partial charge is 0.225 e. The zero-order valence-corrected chi connectivity index (χ0v) is 13.4. The summed E-state index contributed by atoms with van der Waals surface area (Å²) in [6.07, 6.45) is 4.17. The summed E-state index contributed by atoms with van der Waals surface area (Å²) < 4.78 is 5.79. The minimum Gasteiger partial charge on any atom is -0.492 e. The first kappa shape index (κ1) is 15.0. The van der Waals surface area contributed by atoms with Crippen LogP contribution in [0.15, 0.2) is 18.2 Å². The molecule has 0 unspecified atom stereocenters. The van der Waals surface area contributed by atoms with Gasteiger partial charge in [-0.15, -0.1) is 0 Å². The van der Waals surface area contributed by atoms with E-state index in [2.05, 4.69) is 0 Å². The summed E-state index contributed by atoms with van der Waals surface area (Å²) in [6, 6.07) is 5.27. The van der Waals surface area contributed by atoms with Crippen LogP contribution in [-0.4, -0.2) is 30.5 Å². The molecule has 1 saturated heterocycles. The Morgan fingerprint density at radius 3 is 2.52 bits per heavy atom. The molecule has 5 heteroatoms. The molecule has 2 aliphatic rings. The summed E-state index contributed by atoms with van der Waals surface area (Å²) in [5.41, 5.74) is 0. The molecule has 0 radical (unpaired) electrons. The zero-order chi connectivity index (χ0) is 14.8. The maximum Gasteiger partial charge on any atom is 0.225 e. The second-order valence-electron chi connectivity index (χ2n) is 5.93. The molecule has 0 bridgehead atoms. The molecule has 114 valence electrons. The molecular weight excluding hydrogens is 309 g/mol. The van der Waals surface area contributed by atoms with Crippen LogP contribution in [-0.2, 0) is 4.79 Å². The van der Waals surface area contributed by atoms with Crippen LogP contribution >= 0.6 is 23.2 Å². The number of nitrogens with zero attached hydrogens (tertiary/aromatic N) is 1. The summed E-state index contributed by atoms with van der Waals surface area (Å²) in [5.74, 6) is 1.85. The molecule has 3 nitrogen and oxygen atoms in total. The van der Waals surface area contributed by atoms with Crippen LogP contribution in [0.2, 0.25) is 10.0 Å². The second kappa shape index (κ2) is 6.45. The first-order valence-electron chi connectivity index (χ1n) is 7.50. The van der Waals surface area contributed by atoms with Gasteiger partial charge in [-0.1, -0.05) is 23.2 Å². The number of halogens is 2. The first-order valence-corrected chi connectivity index (χ1v) is 8.25. The Balaban J connectivity index is 1.45. The molecule has 3 rings (SSSR count). The van der Waals surface area contributed by atoms with E-state index in [1.54, 1.807) is 18.2 Å². The molecule has 1 saturated carbocycles. The fourth-order valence-corrected chi connectivity index (χ4v) is 3.17. The number of piperidine rings is 1. The minimum atomic E-state index is 0.325. The highest BCUT2D eigenvalue weighted by Crippen LogP contribution is 2.33. The highest BCUT2D eigenvalue weighted by atomic mass is 35.5. The molecule has 1 aliphatic heterocycles. The van der Waals surface area contributed by atoms with E-state index in [0.717, 1.165) is 38.8 Å². The quantitative estimate of drug-likeness (QED) is 0.835. The Bertz CT molecular complexity index is 523. The third-order valence-corrected chi connectivity index (χ3v) is 4.75. The molecule has 2 fully saturated rings. The molecule has 1 aliphatic carbocycles. The predicted octanol–water partition coefficient (Wildman–Crippen LogP) is 4.02. The largest absolute Gasteiger partial charge is 0.492 e. The maximum atomic E-state index is 12.0. The molecule has 0 N–H and O–H groups in total. The van der Waals surface area contributed by atoms with Crippen LogP contribution in [0, 0.1) is 11.8 Å². The van der Waals surface area contributed by atoms with Crippen molar-refractivity contribution >= 4 is 29.1 Å². The monoisotopic (exact) mass is 327 g/mol. The number of benzene rings is 1. The van der Waals surface area contributed by atoms with Crippen molar-refractivity contribution in [1.82, 2.24) is 4.90 Å². The van der Waals surface area contributed by atoms with Crippen molar-refractivity contribution in [2.45, 2.75) is 25.7 Å². The molecule has 1 aromatic rings. The molecular formula is C16H19Cl2NO2. The number of ether oxygens (including phenoxy) is 1. The first-order chi connectivity index (χ1) is 10.1. The molecule has 21 heavy (non-hydrogen) atoms. The van der Waals surface area contributed by atoms with Crippen molar-refractivity contribution in [2.75, 3.05) is 19.7 Å². The van der Waals surface area contributed by atoms with Gasteiger partial charge in [0.05, 0.1) is 11.6 Å². The van der Waals surface area contributed by atoms with Crippen LogP contribution < -0.4 is 4.74 Å². The molecule has 0 atom stereocenters. The number of hydrogen-bond acceptors (Lipinski definition) is 2. The number of hydrogen-bond donors (Lipinski definition) is 0. The Labute approximate surface area is 135 Å². The van der Waals surface area contributed by atoms with Crippen LogP contribution in [0.25, 0.3) is 0 Å². The van der Waals surface area contributed by atoms with E-state index in [0.29, 0.717) is 40.1 Å². The van der Waals surface area contributed by atoms with Crippen LogP contribution in [0.1, 0.15) is 25.7 Å². The van der Waals surface area contributed by atoms with E-state index in [1.807, 2.05) is 4.90 Å². The normalized spacial score (nSPS) is 19.6. The van der Waals surface area contributed by atoms with Crippen molar-refractivity contribution < 1.29 is 9.53 Å². The second-order valence-corrected chi connectivity index (χ2v) is 6.77. The molecule has 0 spiro atoms. The molecule has 1 amide bonds. The lowest BCUT2D eigenvalue weighted by Gasteiger charge is -2.32. The third kappa shape index (κ3) is 3.83. The number of carbonyl (C=O) groups excluding carboxylic acids is 1. The van der Waals surface area contributed by atoms with E-state index < -0.39 is 0 Å². The number of amides is 1. The van der Waals surface area contributed by atoms with E-state index in [9.17, 15) is 4.79 Å². The fraction of sp³-hybridized carbons (Fsp3) is 0.562. The average molecular weight is 328 g/mol. The Morgan fingerprint density at radius 2 is 1.90 bits per heavy atom. The number of carbonyl (C=O) groups is 1. The van der Waals surface area contributed by atoms with Crippen molar-refractivity contribution in [2.24, 2.45) is 11.8 Å². The zero-order valence-electron chi connectivity index (χ0n) is 11.9. The van der Waals surface area contributed by atoms with Gasteiger partial charge in [0, 0.05) is 24.0 Å². The lowest BCUT2D eigenvalue weighted by atomic mass is 9.97. The van der Waals surface area contributed by atoms with E-state index in [4.69, 9.17) is 27.9 Å². The van der Waals surface area contributed by atoms with Crippen molar-refractivity contribution in [3.8, 4) is 5.75 Å². The van der Waals surface area contributed by atoms with Crippen molar-refractivity contribution in [1.29, 1.82) is 0 Å². The maximum absolute atomic E-state index is 12.0. The average Bonchev–Trinajstić information content (AvgIpc) is 3.31. The Morgan fingerprint density at radius 1 is 1.19 bits per heavy atom. The van der Waals surface area contributed by atoms with Crippen molar-refractivity contribution in [3.63, 3.8) is 0 Å². The summed E-state index contributed by atoms with van der Waals surface area (Å²) in [7, 11) is 0. The number of rotatable bonds is 4. The molecule has 1 aromatic carbocycles. The van der Waals surface area contributed by atoms with Crippen LogP contribution in [0.3, 0.4) is 0 Å². The summed E-state index contributed by atoms with van der Waals surface area (Å²) in [5, 5.41) is 1.16. The highest BCUT2D eigenvalue weighted by Gasteiger charge is 2.34. The molecule has 0 aromatic heterocycles. The minimum absolute atomic E-state index is 0.325. The van der Waals surface area contributed by atoms with Gasteiger partial charge in [-0.2, -0.15) is 0 Å². The van der Waals surface area contributed by atoms with Gasteiger partial charge in [-0.25, -0.2) is 0 Å². The van der Waals surface area contributed by atoms with Gasteiger partial charge >= 0.3 is 0 Å². The topological polar surface area (TPSA) is 29.5 Å². The van der Waals surface area contributed by atoms with E-state index >= 15 is 0 Å². The summed E-state index contributed by atoms with van der Waals surface area (Å²) >= 11 is 12.0. The SMILES string of the molecule is O=C(C1CC1)N1CCC(COc2ccc(Cl)cc2Cl)CC1. The van der Waals surface area contributed by atoms with Gasteiger partial charge < -0.3 is 9.64 Å². The third-order valence-electron chi connectivity index (χ3n) is 4.22. The summed E-state index contributed by atoms with van der Waals surface area (Å²) in [4.78, 5) is 14.0. The Hall–Kier alpha value is -0.930. The van der Waals surface area contributed by atoms with E-state index in [-0.39, 0.29) is 0 Å². The Kier molecular flexibility index (Phi) is 4.60. The van der Waals surface area contributed by atoms with E-state index in [1.165, 1.54) is 0 Å². The number of likely N-dealkylation sites (tertiary alicyclic amines) is 1. The lowest BCUT2D eigenvalue weighted by molar-refractivity contribution is -0.134. The lowest BCUT2D eigenvalue weighted by Crippen LogP contribution is -2.40. The standard InChI is InChI=1S/C16H19Cl2NO2/c17-13-3-4-15(14(18)9-13)21-10-11-5-7-19(8-6-11)16(20)12-1-2-12/h3-4,9,11-12H,1-2,5-8,10H2. The van der Waals surface area contributed by atoms with Crippen LogP contribution in [0.4, 0.5) is 0 Å². The van der Waals surface area contributed by atoms with Gasteiger partial charge in [0.15, 0.2) is 0 Å². The van der Waals surface area contributed by atoms with Gasteiger partial charge in [0.2, 0.25) is 5.91 Å². The highest BCUT2D eigenvalue weighted by molar-refractivity contribution is 6.35. The fourth-order valence-electron chi connectivity index (χ4n) is 2.71. The van der Waals surface area contributed by atoms with Crippen molar-refractivity contribution in [3.05, 3.63) is 28.2 Å². The van der Waals surface area contributed by atoms with Gasteiger partial charge in [-0.05, 0) is 49.8 Å². The van der Waals surface area contributed by atoms with Crippen LogP contribution in [0.5, 0.6) is 5.75 Å². The van der Waals surface area contributed by atoms with Gasteiger partial charge in [0.1, 0.15) is 5.75 Å².